The molecule has 76 valence electrons. The molecule has 0 saturated heterocycles. The normalized spacial score (nSPS) is 10.1. The molecule has 6 heteroatoms. The molecule has 4 nitrogen and oxygen atoms in total. The monoisotopic (exact) mass is 277 g/mol. The summed E-state index contributed by atoms with van der Waals surface area (Å²) < 4.78 is 0.874. The molecule has 0 saturated carbocycles. The number of aromatic nitrogens is 1. The van der Waals surface area contributed by atoms with Crippen LogP contribution < -0.4 is 0 Å². The van der Waals surface area contributed by atoms with E-state index in [1.54, 1.807) is 6.20 Å². The first kappa shape index (κ1) is 11.3. The average molecular weight is 278 g/mol. The first-order valence-corrected chi connectivity index (χ1v) is 5.52. The van der Waals surface area contributed by atoms with Crippen LogP contribution in [0.15, 0.2) is 9.98 Å². The van der Waals surface area contributed by atoms with Gasteiger partial charge in [0.05, 0.1) is 22.8 Å². The summed E-state index contributed by atoms with van der Waals surface area (Å²) in [5, 5.41) is 9.07. The van der Waals surface area contributed by atoms with Gasteiger partial charge in [0.15, 0.2) is 0 Å². The number of rotatable bonds is 5. The fraction of sp³-hybridized carbons (Fsp3) is 0.375. The minimum atomic E-state index is -0.946. The molecule has 0 amide bonds. The first-order chi connectivity index (χ1) is 6.58. The van der Waals surface area contributed by atoms with E-state index in [2.05, 4.69) is 20.9 Å². The van der Waals surface area contributed by atoms with Crippen molar-refractivity contribution in [2.24, 2.45) is 0 Å². The predicted octanol–water partition coefficient (Wildman–Crippen LogP) is 1.88. The van der Waals surface area contributed by atoms with Gasteiger partial charge in [-0.3, -0.25) is 9.59 Å². The van der Waals surface area contributed by atoms with Crippen molar-refractivity contribution in [2.45, 2.75) is 19.3 Å². The average Bonchev–Trinajstić information content (AvgIpc) is 2.48. The van der Waals surface area contributed by atoms with Crippen LogP contribution in [0.5, 0.6) is 0 Å². The number of nitrogens with zero attached hydrogens (tertiary/aromatic N) is 1. The number of carbonyl (C=O) groups excluding carboxylic acids is 1. The van der Waals surface area contributed by atoms with E-state index in [4.69, 9.17) is 5.11 Å². The van der Waals surface area contributed by atoms with E-state index in [0.717, 1.165) is 3.79 Å². The Morgan fingerprint density at radius 3 is 2.71 bits per heavy atom. The van der Waals surface area contributed by atoms with Crippen molar-refractivity contribution in [1.29, 1.82) is 0 Å². The molecule has 14 heavy (non-hydrogen) atoms. The van der Waals surface area contributed by atoms with Crippen LogP contribution >= 0.6 is 27.3 Å². The molecule has 1 aromatic heterocycles. The van der Waals surface area contributed by atoms with Crippen LogP contribution in [0.1, 0.15) is 17.8 Å². The lowest BCUT2D eigenvalue weighted by Crippen LogP contribution is -2.05. The van der Waals surface area contributed by atoms with Gasteiger partial charge in [-0.1, -0.05) is 0 Å². The number of aliphatic carboxylic acids is 1. The van der Waals surface area contributed by atoms with Crippen molar-refractivity contribution in [3.05, 3.63) is 15.0 Å². The van der Waals surface area contributed by atoms with Crippen molar-refractivity contribution in [2.75, 3.05) is 0 Å². The highest BCUT2D eigenvalue weighted by Gasteiger charge is 2.09. The van der Waals surface area contributed by atoms with E-state index in [0.29, 0.717) is 5.01 Å². The Hall–Kier alpha value is -0.750. The lowest BCUT2D eigenvalue weighted by molar-refractivity contribution is -0.138. The number of Topliss-reactive ketones (excluding diaryl/α,β-unsaturated/α-hetero) is 1. The van der Waals surface area contributed by atoms with Crippen molar-refractivity contribution in [1.82, 2.24) is 4.98 Å². The second-order valence-electron chi connectivity index (χ2n) is 2.67. The molecule has 0 bridgehead atoms. The topological polar surface area (TPSA) is 67.3 Å². The van der Waals surface area contributed by atoms with Crippen LogP contribution in [0.2, 0.25) is 0 Å². The van der Waals surface area contributed by atoms with Gasteiger partial charge in [-0.15, -0.1) is 11.3 Å². The molecule has 0 atom stereocenters. The highest BCUT2D eigenvalue weighted by atomic mass is 79.9. The molecule has 0 aromatic carbocycles. The number of carboxylic acid groups (broad SMARTS) is 1. The van der Waals surface area contributed by atoms with Gasteiger partial charge in [-0.05, 0) is 15.9 Å². The number of hydrogen-bond acceptors (Lipinski definition) is 4. The molecule has 0 unspecified atom stereocenters. The van der Waals surface area contributed by atoms with Crippen LogP contribution in [0, 0.1) is 0 Å². The number of carboxylic acids is 1. The van der Waals surface area contributed by atoms with E-state index in [-0.39, 0.29) is 25.0 Å². The van der Waals surface area contributed by atoms with Gasteiger partial charge in [-0.25, -0.2) is 4.98 Å². The summed E-state index contributed by atoms with van der Waals surface area (Å²) >= 11 is 4.62. The molecule has 0 aliphatic carbocycles. The van der Waals surface area contributed by atoms with Crippen molar-refractivity contribution in [3.8, 4) is 0 Å². The van der Waals surface area contributed by atoms with Gasteiger partial charge in [0, 0.05) is 6.42 Å². The van der Waals surface area contributed by atoms with E-state index < -0.39 is 5.97 Å². The zero-order valence-corrected chi connectivity index (χ0v) is 9.60. The molecule has 1 aromatic rings. The predicted molar refractivity (Wildman–Crippen MR) is 55.4 cm³/mol. The van der Waals surface area contributed by atoms with Gasteiger partial charge in [0.25, 0.3) is 0 Å². The highest BCUT2D eigenvalue weighted by molar-refractivity contribution is 9.11. The Morgan fingerprint density at radius 1 is 1.50 bits per heavy atom. The van der Waals surface area contributed by atoms with Crippen LogP contribution in [-0.2, 0) is 16.0 Å². The zero-order valence-electron chi connectivity index (χ0n) is 7.20. The van der Waals surface area contributed by atoms with Crippen molar-refractivity contribution in [3.63, 3.8) is 0 Å². The summed E-state index contributed by atoms with van der Waals surface area (Å²) in [7, 11) is 0. The summed E-state index contributed by atoms with van der Waals surface area (Å²) in [5.41, 5.74) is 0. The number of hydrogen-bond donors (Lipinski definition) is 1. The molecule has 0 spiro atoms. The van der Waals surface area contributed by atoms with Crippen LogP contribution in [0.25, 0.3) is 0 Å². The molecular weight excluding hydrogens is 270 g/mol. The first-order valence-electron chi connectivity index (χ1n) is 3.91. The molecule has 0 aliphatic heterocycles. The van der Waals surface area contributed by atoms with Gasteiger partial charge >= 0.3 is 5.97 Å². The fourth-order valence-corrected chi connectivity index (χ4v) is 2.21. The van der Waals surface area contributed by atoms with Gasteiger partial charge in [0.2, 0.25) is 0 Å². The Kier molecular flexibility index (Phi) is 4.21. The maximum absolute atomic E-state index is 11.2. The number of ketones is 1. The molecule has 0 aliphatic rings. The van der Waals surface area contributed by atoms with Crippen LogP contribution in [0.3, 0.4) is 0 Å². The summed E-state index contributed by atoms with van der Waals surface area (Å²) in [5.74, 6) is -1.03. The van der Waals surface area contributed by atoms with E-state index in [9.17, 15) is 9.59 Å². The summed E-state index contributed by atoms with van der Waals surface area (Å²) in [6.07, 6.45) is 1.83. The Morgan fingerprint density at radius 2 is 2.21 bits per heavy atom. The van der Waals surface area contributed by atoms with Gasteiger partial charge in [0.1, 0.15) is 10.8 Å². The Bertz CT molecular complexity index is 350. The fourth-order valence-electron chi connectivity index (χ4n) is 0.873. The van der Waals surface area contributed by atoms with E-state index in [1.807, 2.05) is 0 Å². The lowest BCUT2D eigenvalue weighted by Gasteiger charge is -1.94. The third kappa shape index (κ3) is 3.97. The third-order valence-corrected chi connectivity index (χ3v) is 2.97. The molecule has 1 rings (SSSR count). The maximum atomic E-state index is 11.2. The minimum absolute atomic E-state index is 0.0759. The number of carbonyl (C=O) groups is 2. The summed E-state index contributed by atoms with van der Waals surface area (Å²) in [6.45, 7) is 0. The van der Waals surface area contributed by atoms with Crippen molar-refractivity contribution >= 4 is 39.0 Å². The summed E-state index contributed by atoms with van der Waals surface area (Å²) in [6, 6.07) is 0. The quantitative estimate of drug-likeness (QED) is 0.893. The standard InChI is InChI=1S/C8H8BrNO3S/c9-6-4-10-7(14-6)3-5(11)1-2-8(12)13/h4H,1-3H2,(H,12,13). The van der Waals surface area contributed by atoms with E-state index >= 15 is 0 Å². The van der Waals surface area contributed by atoms with Gasteiger partial charge < -0.3 is 5.11 Å². The zero-order chi connectivity index (χ0) is 10.6. The number of thiazole rings is 1. The molecular formula is C8H8BrNO3S. The smallest absolute Gasteiger partial charge is 0.303 e. The second kappa shape index (κ2) is 5.21. The Balaban J connectivity index is 2.37. The second-order valence-corrected chi connectivity index (χ2v) is 5.16. The third-order valence-electron chi connectivity index (χ3n) is 1.49. The summed E-state index contributed by atoms with van der Waals surface area (Å²) in [4.78, 5) is 25.4. The molecule has 1 heterocycles. The molecule has 1 N–H and O–H groups in total. The maximum Gasteiger partial charge on any atom is 0.303 e. The number of halogens is 1. The Labute approximate surface area is 93.1 Å². The highest BCUT2D eigenvalue weighted by Crippen LogP contribution is 2.19. The van der Waals surface area contributed by atoms with Crippen LogP contribution in [-0.4, -0.2) is 21.8 Å². The lowest BCUT2D eigenvalue weighted by atomic mass is 10.2. The molecule has 0 fully saturated rings. The van der Waals surface area contributed by atoms with E-state index in [1.165, 1.54) is 11.3 Å². The minimum Gasteiger partial charge on any atom is -0.481 e. The largest absolute Gasteiger partial charge is 0.481 e. The molecule has 0 radical (unpaired) electrons. The van der Waals surface area contributed by atoms with Crippen molar-refractivity contribution < 1.29 is 14.7 Å². The SMILES string of the molecule is O=C(O)CCC(=O)Cc1ncc(Br)s1. The van der Waals surface area contributed by atoms with Crippen LogP contribution in [0.4, 0.5) is 0 Å². The van der Waals surface area contributed by atoms with Gasteiger partial charge in [-0.2, -0.15) is 0 Å².